The molecule has 1 aliphatic heterocycles. The van der Waals surface area contributed by atoms with Crippen molar-refractivity contribution >= 4 is 11.6 Å². The Bertz CT molecular complexity index is 998. The Morgan fingerprint density at radius 3 is 2.68 bits per heavy atom. The molecule has 1 aliphatic rings. The highest BCUT2D eigenvalue weighted by atomic mass is 16.5. The van der Waals surface area contributed by atoms with E-state index in [4.69, 9.17) is 9.47 Å². The number of aromatic nitrogens is 3. The molecule has 0 unspecified atom stereocenters. The third-order valence-corrected chi connectivity index (χ3v) is 5.25. The van der Waals surface area contributed by atoms with Crippen LogP contribution in [0.1, 0.15) is 29.8 Å². The monoisotopic (exact) mass is 380 g/mol. The van der Waals surface area contributed by atoms with Crippen molar-refractivity contribution in [1.82, 2.24) is 19.5 Å². The summed E-state index contributed by atoms with van der Waals surface area (Å²) in [5.74, 6) is 2.51. The molecule has 28 heavy (non-hydrogen) atoms. The second-order valence-electron chi connectivity index (χ2n) is 6.94. The maximum absolute atomic E-state index is 12.7. The number of nitrogens with zero attached hydrogens (tertiary/aromatic N) is 4. The second kappa shape index (κ2) is 7.88. The highest BCUT2D eigenvalue weighted by molar-refractivity contribution is 5.76. The normalized spacial score (nSPS) is 13.4. The number of rotatable bonds is 6. The number of methoxy groups -OCH3 is 2. The van der Waals surface area contributed by atoms with Gasteiger partial charge >= 0.3 is 0 Å². The van der Waals surface area contributed by atoms with Crippen molar-refractivity contribution in [3.63, 3.8) is 0 Å². The lowest BCUT2D eigenvalue weighted by molar-refractivity contribution is -0.132. The number of amides is 1. The molecule has 7 nitrogen and oxygen atoms in total. The van der Waals surface area contributed by atoms with Gasteiger partial charge in [-0.3, -0.25) is 9.20 Å². The third kappa shape index (κ3) is 3.52. The molecule has 3 aromatic rings. The van der Waals surface area contributed by atoms with E-state index >= 15 is 0 Å². The van der Waals surface area contributed by atoms with E-state index in [1.165, 1.54) is 5.56 Å². The van der Waals surface area contributed by atoms with Crippen molar-refractivity contribution in [1.29, 1.82) is 0 Å². The fraction of sp³-hybridized carbons (Fsp3) is 0.381. The number of benzene rings is 1. The number of fused-ring (bicyclic) bond motifs is 2. The smallest absolute Gasteiger partial charge is 0.222 e. The van der Waals surface area contributed by atoms with Gasteiger partial charge in [0.05, 0.1) is 14.2 Å². The number of ether oxygens (including phenoxy) is 2. The molecular weight excluding hydrogens is 356 g/mol. The van der Waals surface area contributed by atoms with Gasteiger partial charge in [0.1, 0.15) is 5.82 Å². The van der Waals surface area contributed by atoms with Gasteiger partial charge in [-0.15, -0.1) is 10.2 Å². The zero-order valence-corrected chi connectivity index (χ0v) is 16.2. The first kappa shape index (κ1) is 18.3. The van der Waals surface area contributed by atoms with Crippen LogP contribution in [0.3, 0.4) is 0 Å². The minimum atomic E-state index is 0.175. The molecule has 0 saturated carbocycles. The van der Waals surface area contributed by atoms with Crippen LogP contribution < -0.4 is 9.47 Å². The van der Waals surface area contributed by atoms with Crippen LogP contribution in [-0.4, -0.2) is 46.2 Å². The molecule has 0 aliphatic carbocycles. The lowest BCUT2D eigenvalue weighted by Gasteiger charge is -2.29. The lowest BCUT2D eigenvalue weighted by Crippen LogP contribution is -2.35. The third-order valence-electron chi connectivity index (χ3n) is 5.25. The van der Waals surface area contributed by atoms with Gasteiger partial charge in [-0.25, -0.2) is 0 Å². The van der Waals surface area contributed by atoms with Crippen LogP contribution in [0.2, 0.25) is 0 Å². The van der Waals surface area contributed by atoms with Crippen molar-refractivity contribution < 1.29 is 14.3 Å². The Morgan fingerprint density at radius 2 is 1.89 bits per heavy atom. The number of aryl methyl sites for hydroxylation is 1. The minimum absolute atomic E-state index is 0.175. The highest BCUT2D eigenvalue weighted by Gasteiger charge is 2.22. The van der Waals surface area contributed by atoms with Crippen molar-refractivity contribution in [2.75, 3.05) is 20.8 Å². The first-order valence-corrected chi connectivity index (χ1v) is 9.50. The fourth-order valence-corrected chi connectivity index (χ4v) is 3.71. The molecule has 0 radical (unpaired) electrons. The summed E-state index contributed by atoms with van der Waals surface area (Å²) in [6.45, 7) is 1.34. The molecule has 7 heteroatoms. The van der Waals surface area contributed by atoms with Crippen molar-refractivity contribution in [2.45, 2.75) is 32.2 Å². The maximum Gasteiger partial charge on any atom is 0.222 e. The van der Waals surface area contributed by atoms with Gasteiger partial charge in [0, 0.05) is 32.1 Å². The molecule has 4 rings (SSSR count). The number of hydrogen-bond acceptors (Lipinski definition) is 5. The second-order valence-corrected chi connectivity index (χ2v) is 6.94. The van der Waals surface area contributed by atoms with Crippen LogP contribution in [0, 0.1) is 0 Å². The zero-order valence-electron chi connectivity index (χ0n) is 16.2. The summed E-state index contributed by atoms with van der Waals surface area (Å²) in [6, 6.07) is 9.83. The quantitative estimate of drug-likeness (QED) is 0.658. The lowest BCUT2D eigenvalue weighted by atomic mass is 9.98. The van der Waals surface area contributed by atoms with E-state index in [2.05, 4.69) is 10.2 Å². The Kier molecular flexibility index (Phi) is 5.14. The average molecular weight is 380 g/mol. The number of hydrogen-bond donors (Lipinski definition) is 0. The largest absolute Gasteiger partial charge is 0.493 e. The summed E-state index contributed by atoms with van der Waals surface area (Å²) in [5.41, 5.74) is 3.18. The molecule has 0 atom stereocenters. The van der Waals surface area contributed by atoms with Gasteiger partial charge in [0.2, 0.25) is 5.91 Å². The van der Waals surface area contributed by atoms with Gasteiger partial charge < -0.3 is 14.4 Å². The van der Waals surface area contributed by atoms with Crippen molar-refractivity contribution in [3.8, 4) is 11.5 Å². The van der Waals surface area contributed by atoms with Gasteiger partial charge in [0.25, 0.3) is 0 Å². The van der Waals surface area contributed by atoms with Crippen LogP contribution in [-0.2, 0) is 24.2 Å². The molecule has 1 amide bonds. The first-order valence-electron chi connectivity index (χ1n) is 9.50. The molecule has 0 spiro atoms. The summed E-state index contributed by atoms with van der Waals surface area (Å²) in [7, 11) is 3.27. The molecular formula is C21H24N4O3. The molecule has 0 N–H and O–H groups in total. The summed E-state index contributed by atoms with van der Waals surface area (Å²) in [6.07, 6.45) is 4.77. The van der Waals surface area contributed by atoms with Gasteiger partial charge in [-0.2, -0.15) is 0 Å². The molecule has 3 heterocycles. The Hall–Kier alpha value is -3.09. The predicted octanol–water partition coefficient (Wildman–Crippen LogP) is 2.65. The van der Waals surface area contributed by atoms with Gasteiger partial charge in [-0.05, 0) is 48.2 Å². The molecule has 146 valence electrons. The van der Waals surface area contributed by atoms with E-state index in [-0.39, 0.29) is 5.91 Å². The SMILES string of the molecule is COc1cc2c(cc1OC)CN(C(=O)CCCc1nnc3ccccn13)CC2. The Balaban J connectivity index is 1.37. The van der Waals surface area contributed by atoms with E-state index in [0.717, 1.165) is 48.6 Å². The molecule has 1 aromatic carbocycles. The number of pyridine rings is 1. The standard InChI is InChI=1S/C21H24N4O3/c1-27-17-12-15-9-11-24(14-16(15)13-18(17)28-2)21(26)8-5-7-20-23-22-19-6-3-4-10-25(19)20/h3-4,6,10,12-13H,5,7-9,11,14H2,1-2H3. The van der Waals surface area contributed by atoms with E-state index < -0.39 is 0 Å². The van der Waals surface area contributed by atoms with E-state index in [9.17, 15) is 4.79 Å². The van der Waals surface area contributed by atoms with Gasteiger partial charge in [0.15, 0.2) is 17.1 Å². The van der Waals surface area contributed by atoms with E-state index in [1.807, 2.05) is 45.8 Å². The van der Waals surface area contributed by atoms with Crippen LogP contribution in [0.25, 0.3) is 5.65 Å². The summed E-state index contributed by atoms with van der Waals surface area (Å²) in [5, 5.41) is 8.39. The van der Waals surface area contributed by atoms with Crippen molar-refractivity contribution in [2.24, 2.45) is 0 Å². The molecule has 0 saturated heterocycles. The topological polar surface area (TPSA) is 69.0 Å². The van der Waals surface area contributed by atoms with Crippen LogP contribution in [0.5, 0.6) is 11.5 Å². The fourth-order valence-electron chi connectivity index (χ4n) is 3.71. The Morgan fingerprint density at radius 1 is 1.11 bits per heavy atom. The van der Waals surface area contributed by atoms with Crippen molar-refractivity contribution in [3.05, 3.63) is 53.5 Å². The summed E-state index contributed by atoms with van der Waals surface area (Å²) < 4.78 is 12.7. The zero-order chi connectivity index (χ0) is 19.5. The predicted molar refractivity (Wildman–Crippen MR) is 105 cm³/mol. The van der Waals surface area contributed by atoms with E-state index in [1.54, 1.807) is 14.2 Å². The van der Waals surface area contributed by atoms with Crippen LogP contribution in [0.15, 0.2) is 36.5 Å². The summed E-state index contributed by atoms with van der Waals surface area (Å²) >= 11 is 0. The molecule has 2 aromatic heterocycles. The van der Waals surface area contributed by atoms with Crippen LogP contribution in [0.4, 0.5) is 0 Å². The molecule has 0 bridgehead atoms. The van der Waals surface area contributed by atoms with Crippen LogP contribution >= 0.6 is 0 Å². The van der Waals surface area contributed by atoms with Gasteiger partial charge in [-0.1, -0.05) is 6.07 Å². The average Bonchev–Trinajstić information content (AvgIpc) is 3.15. The number of carbonyl (C=O) groups excluding carboxylic acids is 1. The maximum atomic E-state index is 12.7. The highest BCUT2D eigenvalue weighted by Crippen LogP contribution is 2.33. The summed E-state index contributed by atoms with van der Waals surface area (Å²) in [4.78, 5) is 14.6. The number of carbonyl (C=O) groups is 1. The van der Waals surface area contributed by atoms with E-state index in [0.29, 0.717) is 18.7 Å². The Labute approximate surface area is 163 Å². The minimum Gasteiger partial charge on any atom is -0.493 e. The first-order chi connectivity index (χ1) is 13.7. The molecule has 0 fully saturated rings.